The van der Waals surface area contributed by atoms with Crippen molar-refractivity contribution < 1.29 is 13.9 Å². The minimum atomic E-state index is -0.252. The summed E-state index contributed by atoms with van der Waals surface area (Å²) >= 11 is 0. The van der Waals surface area contributed by atoms with Crippen LogP contribution < -0.4 is 0 Å². The molecule has 0 saturated carbocycles. The minimum Gasteiger partial charge on any atom is -0.472 e. The highest BCUT2D eigenvalue weighted by molar-refractivity contribution is 5.07. The smallest absolute Gasteiger partial charge is 0.0934 e. The molecule has 132 valence electrons. The normalized spacial score (nSPS) is 14.7. The maximum Gasteiger partial charge on any atom is 0.0934 e. The first-order valence-corrected chi connectivity index (χ1v) is 9.01. The van der Waals surface area contributed by atoms with Crippen LogP contribution in [-0.2, 0) is 12.8 Å². The average Bonchev–Trinajstić information content (AvgIpc) is 3.26. The summed E-state index contributed by atoms with van der Waals surface area (Å²) in [5.41, 5.74) is 3.86. The fourth-order valence-electron chi connectivity index (χ4n) is 2.92. The predicted octanol–water partition coefficient (Wildman–Crippen LogP) is 5.55. The van der Waals surface area contributed by atoms with E-state index in [1.807, 2.05) is 18.4 Å². The average molecular weight is 330 g/mol. The van der Waals surface area contributed by atoms with E-state index >= 15 is 0 Å². The molecule has 0 aliphatic heterocycles. The zero-order valence-electron chi connectivity index (χ0n) is 14.9. The highest BCUT2D eigenvalue weighted by Crippen LogP contribution is 2.18. The van der Waals surface area contributed by atoms with E-state index in [1.165, 1.54) is 16.7 Å². The van der Waals surface area contributed by atoms with E-state index in [1.54, 1.807) is 18.8 Å². The summed E-state index contributed by atoms with van der Waals surface area (Å²) in [4.78, 5) is 0. The molecular formula is C21H30O3. The van der Waals surface area contributed by atoms with Gasteiger partial charge in [0.05, 0.1) is 31.2 Å². The Morgan fingerprint density at radius 3 is 2.29 bits per heavy atom. The van der Waals surface area contributed by atoms with E-state index in [-0.39, 0.29) is 6.10 Å². The van der Waals surface area contributed by atoms with E-state index in [0.717, 1.165) is 44.9 Å². The molecule has 24 heavy (non-hydrogen) atoms. The van der Waals surface area contributed by atoms with E-state index in [0.29, 0.717) is 5.92 Å². The van der Waals surface area contributed by atoms with Gasteiger partial charge in [-0.15, -0.1) is 0 Å². The molecule has 0 radical (unpaired) electrons. The van der Waals surface area contributed by atoms with Crippen molar-refractivity contribution in [2.24, 2.45) is 5.92 Å². The van der Waals surface area contributed by atoms with E-state index in [2.05, 4.69) is 19.9 Å². The lowest BCUT2D eigenvalue weighted by molar-refractivity contribution is 0.113. The number of hydrogen-bond acceptors (Lipinski definition) is 3. The summed E-state index contributed by atoms with van der Waals surface area (Å²) in [7, 11) is 0. The minimum absolute atomic E-state index is 0.252. The third-order valence-corrected chi connectivity index (χ3v) is 4.69. The Morgan fingerprint density at radius 1 is 1.08 bits per heavy atom. The maximum absolute atomic E-state index is 10.3. The molecule has 2 heterocycles. The van der Waals surface area contributed by atoms with Crippen molar-refractivity contribution in [3.05, 3.63) is 60.0 Å². The number of aryl methyl sites for hydroxylation is 2. The van der Waals surface area contributed by atoms with Crippen molar-refractivity contribution in [2.75, 3.05) is 0 Å². The van der Waals surface area contributed by atoms with Crippen molar-refractivity contribution in [1.82, 2.24) is 0 Å². The standard InChI is InChI=1S/C21H30O3/c1-17(5-3-7-19-11-13-23-15-19)9-10-21(22)18(2)6-4-8-20-12-14-24-16-20/h9,11-16,18,21-22H,3-8,10H2,1-2H3/t18-,21-/m1/s1. The zero-order valence-corrected chi connectivity index (χ0v) is 14.9. The first-order valence-electron chi connectivity index (χ1n) is 9.01. The van der Waals surface area contributed by atoms with Crippen LogP contribution in [0.15, 0.2) is 57.7 Å². The van der Waals surface area contributed by atoms with E-state index in [4.69, 9.17) is 8.83 Å². The third kappa shape index (κ3) is 6.79. The molecule has 0 spiro atoms. The van der Waals surface area contributed by atoms with E-state index in [9.17, 15) is 5.11 Å². The molecule has 0 amide bonds. The Morgan fingerprint density at radius 2 is 1.71 bits per heavy atom. The Bertz CT molecular complexity index is 566. The van der Waals surface area contributed by atoms with Crippen LogP contribution in [0.2, 0.25) is 0 Å². The van der Waals surface area contributed by atoms with Crippen LogP contribution in [0.1, 0.15) is 57.1 Å². The lowest BCUT2D eigenvalue weighted by atomic mass is 9.94. The summed E-state index contributed by atoms with van der Waals surface area (Å²) in [6.07, 6.45) is 16.2. The fourth-order valence-corrected chi connectivity index (χ4v) is 2.92. The van der Waals surface area contributed by atoms with Crippen LogP contribution >= 0.6 is 0 Å². The fraction of sp³-hybridized carbons (Fsp3) is 0.524. The van der Waals surface area contributed by atoms with Gasteiger partial charge in [-0.25, -0.2) is 0 Å². The Labute approximate surface area is 145 Å². The van der Waals surface area contributed by atoms with Crippen LogP contribution in [0.25, 0.3) is 0 Å². The third-order valence-electron chi connectivity index (χ3n) is 4.69. The summed E-state index contributed by atoms with van der Waals surface area (Å²) in [5, 5.41) is 10.3. The van der Waals surface area contributed by atoms with Crippen LogP contribution in [0.3, 0.4) is 0 Å². The van der Waals surface area contributed by atoms with Gasteiger partial charge in [-0.2, -0.15) is 0 Å². The first-order chi connectivity index (χ1) is 11.6. The van der Waals surface area contributed by atoms with Gasteiger partial charge in [0.15, 0.2) is 0 Å². The molecule has 0 aliphatic rings. The van der Waals surface area contributed by atoms with Gasteiger partial charge in [0.25, 0.3) is 0 Å². The van der Waals surface area contributed by atoms with Crippen molar-refractivity contribution in [3.8, 4) is 0 Å². The quantitative estimate of drug-likeness (QED) is 0.549. The van der Waals surface area contributed by atoms with Gasteiger partial charge in [0.2, 0.25) is 0 Å². The largest absolute Gasteiger partial charge is 0.472 e. The van der Waals surface area contributed by atoms with Gasteiger partial charge in [-0.05, 0) is 81.0 Å². The predicted molar refractivity (Wildman–Crippen MR) is 96.8 cm³/mol. The SMILES string of the molecule is CC(=CC[C@@H](O)[C@H](C)CCCc1ccoc1)CCCc1ccoc1. The zero-order chi connectivity index (χ0) is 17.2. The van der Waals surface area contributed by atoms with Gasteiger partial charge >= 0.3 is 0 Å². The van der Waals surface area contributed by atoms with Crippen LogP contribution in [0.4, 0.5) is 0 Å². The second-order valence-electron chi connectivity index (χ2n) is 6.84. The van der Waals surface area contributed by atoms with Gasteiger partial charge < -0.3 is 13.9 Å². The van der Waals surface area contributed by atoms with Gasteiger partial charge in [-0.3, -0.25) is 0 Å². The molecule has 0 aromatic carbocycles. The molecule has 2 rings (SSSR count). The summed E-state index contributed by atoms with van der Waals surface area (Å²) in [6.45, 7) is 4.30. The van der Waals surface area contributed by atoms with Gasteiger partial charge in [0.1, 0.15) is 0 Å². The van der Waals surface area contributed by atoms with Crippen LogP contribution in [-0.4, -0.2) is 11.2 Å². The molecule has 0 aliphatic carbocycles. The molecule has 1 N–H and O–H groups in total. The number of hydrogen-bond donors (Lipinski definition) is 1. The maximum atomic E-state index is 10.3. The summed E-state index contributed by atoms with van der Waals surface area (Å²) < 4.78 is 10.2. The Kier molecular flexibility index (Phi) is 7.90. The van der Waals surface area contributed by atoms with Gasteiger partial charge in [0, 0.05) is 0 Å². The Balaban J connectivity index is 1.59. The summed E-state index contributed by atoms with van der Waals surface area (Å²) in [6, 6.07) is 4.03. The number of aliphatic hydroxyl groups is 1. The molecule has 0 fully saturated rings. The topological polar surface area (TPSA) is 46.5 Å². The van der Waals surface area contributed by atoms with Gasteiger partial charge in [-0.1, -0.05) is 18.6 Å². The molecule has 2 aromatic rings. The second-order valence-corrected chi connectivity index (χ2v) is 6.84. The molecule has 3 nitrogen and oxygen atoms in total. The molecule has 0 saturated heterocycles. The van der Waals surface area contributed by atoms with Crippen LogP contribution in [0.5, 0.6) is 0 Å². The highest BCUT2D eigenvalue weighted by Gasteiger charge is 2.13. The lowest BCUT2D eigenvalue weighted by Crippen LogP contribution is -2.17. The molecule has 0 unspecified atom stereocenters. The number of allylic oxidation sites excluding steroid dienone is 1. The number of rotatable bonds is 11. The molecule has 2 atom stereocenters. The molecule has 3 heteroatoms. The van der Waals surface area contributed by atoms with Crippen molar-refractivity contribution >= 4 is 0 Å². The Hall–Kier alpha value is -1.74. The van der Waals surface area contributed by atoms with E-state index < -0.39 is 0 Å². The first kappa shape index (κ1) is 18.6. The molecular weight excluding hydrogens is 300 g/mol. The monoisotopic (exact) mass is 330 g/mol. The molecule has 2 aromatic heterocycles. The highest BCUT2D eigenvalue weighted by atomic mass is 16.3. The number of furan rings is 2. The summed E-state index contributed by atoms with van der Waals surface area (Å²) in [5.74, 6) is 0.326. The molecule has 0 bridgehead atoms. The van der Waals surface area contributed by atoms with Crippen molar-refractivity contribution in [1.29, 1.82) is 0 Å². The van der Waals surface area contributed by atoms with Crippen molar-refractivity contribution in [2.45, 2.75) is 64.9 Å². The second kappa shape index (κ2) is 10.2. The lowest BCUT2D eigenvalue weighted by Gasteiger charge is -2.17. The van der Waals surface area contributed by atoms with Crippen LogP contribution in [0, 0.1) is 5.92 Å². The number of aliphatic hydroxyl groups excluding tert-OH is 1. The van der Waals surface area contributed by atoms with Crippen molar-refractivity contribution in [3.63, 3.8) is 0 Å².